The molecule has 0 saturated heterocycles. The number of anilines is 2. The third kappa shape index (κ3) is 13.7. The number of benzene rings is 2. The third-order valence-corrected chi connectivity index (χ3v) is 6.31. The average molecular weight is 614 g/mol. The zero-order valence-electron chi connectivity index (χ0n) is 23.6. The lowest BCUT2D eigenvalue weighted by Gasteiger charge is -2.29. The van der Waals surface area contributed by atoms with Crippen LogP contribution in [0.2, 0.25) is 0 Å². The van der Waals surface area contributed by atoms with Gasteiger partial charge < -0.3 is 34.5 Å². The molecule has 0 atom stereocenters. The first-order valence-electron chi connectivity index (χ1n) is 12.7. The average Bonchev–Trinajstić information content (AvgIpc) is 3.05. The van der Waals surface area contributed by atoms with Crippen molar-refractivity contribution in [2.24, 2.45) is 5.41 Å². The zero-order valence-corrected chi connectivity index (χ0v) is 24.4. The summed E-state index contributed by atoms with van der Waals surface area (Å²) in [5, 5.41) is 21.0. The van der Waals surface area contributed by atoms with Crippen LogP contribution in [0.4, 0.5) is 11.4 Å². The summed E-state index contributed by atoms with van der Waals surface area (Å²) < 4.78 is 18.8. The molecule has 11 nitrogen and oxygen atoms in total. The molecule has 0 aromatic heterocycles. The standard InChI is InChI=1S/C14H18O7.C12H9NS.C5H8O3/c1-4-11(16)19-8-14(7-15,9-20-12(17)5-2)10-21-13(18)6-3;1-3-7-11-9(5-1)13-10-6-2-4-8-12(10)14-11;1-2-5(7)8-4-3-6/h4-6,15H,1-3,7-10H2;1-8,13H;2,6H,1,3-4H2. The van der Waals surface area contributed by atoms with Gasteiger partial charge in [0.05, 0.1) is 30.0 Å². The molecule has 1 aliphatic heterocycles. The molecule has 0 bridgehead atoms. The fourth-order valence-corrected chi connectivity index (χ4v) is 3.89. The van der Waals surface area contributed by atoms with Crippen molar-refractivity contribution in [1.82, 2.24) is 0 Å². The number of aliphatic hydroxyl groups is 2. The second kappa shape index (κ2) is 20.3. The van der Waals surface area contributed by atoms with Gasteiger partial charge in [-0.05, 0) is 24.3 Å². The minimum atomic E-state index is -1.28. The van der Waals surface area contributed by atoms with E-state index in [1.54, 1.807) is 0 Å². The third-order valence-electron chi connectivity index (χ3n) is 5.16. The highest BCUT2D eigenvalue weighted by Gasteiger charge is 2.35. The molecule has 0 saturated carbocycles. The van der Waals surface area contributed by atoms with E-state index in [1.807, 2.05) is 11.8 Å². The first-order chi connectivity index (χ1) is 20.7. The van der Waals surface area contributed by atoms with Crippen molar-refractivity contribution in [3.63, 3.8) is 0 Å². The molecular weight excluding hydrogens is 578 g/mol. The van der Waals surface area contributed by atoms with Crippen molar-refractivity contribution in [2.45, 2.75) is 9.79 Å². The molecule has 0 spiro atoms. The molecular formula is C31H35NO10S. The summed E-state index contributed by atoms with van der Waals surface area (Å²) >= 11 is 1.82. The molecule has 1 aliphatic rings. The molecule has 43 heavy (non-hydrogen) atoms. The van der Waals surface area contributed by atoms with Crippen molar-refractivity contribution in [3.8, 4) is 0 Å². The van der Waals surface area contributed by atoms with Crippen molar-refractivity contribution in [2.75, 3.05) is 45.0 Å². The number of nitrogens with one attached hydrogen (secondary N) is 1. The Morgan fingerprint density at radius 2 is 1.05 bits per heavy atom. The monoisotopic (exact) mass is 613 g/mol. The maximum atomic E-state index is 11.1. The lowest BCUT2D eigenvalue weighted by atomic mass is 9.92. The molecule has 230 valence electrons. The van der Waals surface area contributed by atoms with Gasteiger partial charge in [-0.2, -0.15) is 0 Å². The molecule has 1 heterocycles. The first kappa shape index (κ1) is 36.4. The Bertz CT molecular complexity index is 1130. The number of esters is 4. The minimum absolute atomic E-state index is 0.0465. The summed E-state index contributed by atoms with van der Waals surface area (Å²) in [6.45, 7) is 11.2. The van der Waals surface area contributed by atoms with Crippen LogP contribution in [0.25, 0.3) is 0 Å². The van der Waals surface area contributed by atoms with Crippen LogP contribution in [0.15, 0.2) is 109 Å². The van der Waals surface area contributed by atoms with Gasteiger partial charge in [-0.3, -0.25) is 0 Å². The van der Waals surface area contributed by atoms with Crippen LogP contribution in [0.3, 0.4) is 0 Å². The van der Waals surface area contributed by atoms with Crippen LogP contribution in [0, 0.1) is 5.41 Å². The van der Waals surface area contributed by atoms with Crippen LogP contribution in [0.1, 0.15) is 0 Å². The first-order valence-corrected chi connectivity index (χ1v) is 13.5. The fraction of sp³-hybridized carbons (Fsp3) is 0.226. The van der Waals surface area contributed by atoms with E-state index < -0.39 is 35.9 Å². The summed E-state index contributed by atoms with van der Waals surface area (Å²) in [5.41, 5.74) is 1.13. The van der Waals surface area contributed by atoms with E-state index in [2.05, 4.69) is 84.9 Å². The molecule has 3 rings (SSSR count). The number of ether oxygens (including phenoxy) is 4. The highest BCUT2D eigenvalue weighted by Crippen LogP contribution is 2.43. The number of carbonyl (C=O) groups is 4. The van der Waals surface area contributed by atoms with Gasteiger partial charge in [-0.25, -0.2) is 19.2 Å². The zero-order chi connectivity index (χ0) is 32.1. The highest BCUT2D eigenvalue weighted by atomic mass is 32.2. The molecule has 0 radical (unpaired) electrons. The van der Waals surface area contributed by atoms with Gasteiger partial charge in [-0.15, -0.1) is 0 Å². The fourth-order valence-electron chi connectivity index (χ4n) is 2.90. The Balaban J connectivity index is 0.000000357. The normalized spacial score (nSPS) is 10.6. The SMILES string of the molecule is C=CC(=O)OCC(CO)(COC(=O)C=C)COC(=O)C=C.C=CC(=O)OCCO.c1ccc2c(c1)Nc1ccccc1S2. The van der Waals surface area contributed by atoms with E-state index >= 15 is 0 Å². The number of hydrogen-bond donors (Lipinski definition) is 3. The largest absolute Gasteiger partial charge is 0.462 e. The van der Waals surface area contributed by atoms with E-state index in [-0.39, 0.29) is 33.0 Å². The molecule has 0 aliphatic carbocycles. The van der Waals surface area contributed by atoms with E-state index in [1.165, 1.54) is 21.2 Å². The summed E-state index contributed by atoms with van der Waals surface area (Å²) in [7, 11) is 0. The molecule has 0 fully saturated rings. The summed E-state index contributed by atoms with van der Waals surface area (Å²) in [6.07, 6.45) is 3.87. The second-order valence-corrected chi connectivity index (χ2v) is 9.49. The Morgan fingerprint density at radius 3 is 1.40 bits per heavy atom. The molecule has 12 heteroatoms. The molecule has 3 N–H and O–H groups in total. The Hall–Kier alpha value is -4.65. The van der Waals surface area contributed by atoms with E-state index in [0.29, 0.717) is 0 Å². The quantitative estimate of drug-likeness (QED) is 0.146. The lowest BCUT2D eigenvalue weighted by Crippen LogP contribution is -2.42. The van der Waals surface area contributed by atoms with Crippen molar-refractivity contribution in [3.05, 3.63) is 99.2 Å². The predicted molar refractivity (Wildman–Crippen MR) is 162 cm³/mol. The predicted octanol–water partition coefficient (Wildman–Crippen LogP) is 3.76. The maximum Gasteiger partial charge on any atom is 0.330 e. The molecule has 2 aromatic rings. The number of carbonyl (C=O) groups excluding carboxylic acids is 4. The number of para-hydroxylation sites is 2. The van der Waals surface area contributed by atoms with E-state index in [4.69, 9.17) is 19.3 Å². The summed E-state index contributed by atoms with van der Waals surface area (Å²) in [6, 6.07) is 16.8. The van der Waals surface area contributed by atoms with Crippen LogP contribution in [-0.4, -0.2) is 73.7 Å². The number of rotatable bonds is 13. The minimum Gasteiger partial charge on any atom is -0.462 e. The smallest absolute Gasteiger partial charge is 0.330 e. The van der Waals surface area contributed by atoms with Gasteiger partial charge in [0.2, 0.25) is 0 Å². The number of hydrogen-bond acceptors (Lipinski definition) is 12. The Morgan fingerprint density at radius 1 is 0.674 bits per heavy atom. The maximum absolute atomic E-state index is 11.1. The second-order valence-electron chi connectivity index (χ2n) is 8.41. The van der Waals surface area contributed by atoms with Gasteiger partial charge in [0, 0.05) is 34.1 Å². The van der Waals surface area contributed by atoms with Gasteiger partial charge >= 0.3 is 23.9 Å². The van der Waals surface area contributed by atoms with Gasteiger partial charge in [0.25, 0.3) is 0 Å². The Kier molecular flexibility index (Phi) is 17.1. The van der Waals surface area contributed by atoms with Crippen molar-refractivity contribution >= 4 is 47.0 Å². The number of fused-ring (bicyclic) bond motifs is 2. The van der Waals surface area contributed by atoms with E-state index in [0.717, 1.165) is 24.3 Å². The van der Waals surface area contributed by atoms with Crippen molar-refractivity contribution in [1.29, 1.82) is 0 Å². The topological polar surface area (TPSA) is 158 Å². The molecule has 0 unspecified atom stereocenters. The van der Waals surface area contributed by atoms with Crippen LogP contribution in [-0.2, 0) is 38.1 Å². The summed E-state index contributed by atoms with van der Waals surface area (Å²) in [5.74, 6) is -2.67. The Labute approximate surface area is 254 Å². The summed E-state index contributed by atoms with van der Waals surface area (Å²) in [4.78, 5) is 46.0. The van der Waals surface area contributed by atoms with Gasteiger partial charge in [-0.1, -0.05) is 62.3 Å². The van der Waals surface area contributed by atoms with Gasteiger partial charge in [0.15, 0.2) is 0 Å². The highest BCUT2D eigenvalue weighted by molar-refractivity contribution is 7.99. The lowest BCUT2D eigenvalue weighted by molar-refractivity contribution is -0.159. The van der Waals surface area contributed by atoms with Crippen LogP contribution < -0.4 is 5.32 Å². The van der Waals surface area contributed by atoms with E-state index in [9.17, 15) is 24.3 Å². The van der Waals surface area contributed by atoms with Crippen LogP contribution >= 0.6 is 11.8 Å². The van der Waals surface area contributed by atoms with Crippen LogP contribution in [0.5, 0.6) is 0 Å². The molecule has 2 aromatic carbocycles. The number of aliphatic hydroxyl groups excluding tert-OH is 2. The van der Waals surface area contributed by atoms with Crippen molar-refractivity contribution < 1.29 is 48.3 Å². The van der Waals surface area contributed by atoms with Gasteiger partial charge in [0.1, 0.15) is 26.4 Å². The molecule has 0 amide bonds.